The highest BCUT2D eigenvalue weighted by molar-refractivity contribution is 7.86. The third-order valence-corrected chi connectivity index (χ3v) is 3.99. The van der Waals surface area contributed by atoms with Crippen LogP contribution in [0.1, 0.15) is 25.3 Å². The van der Waals surface area contributed by atoms with Crippen molar-refractivity contribution in [1.29, 1.82) is 0 Å². The first kappa shape index (κ1) is 14.5. The molecule has 0 N–H and O–H groups in total. The number of benzene rings is 1. The highest BCUT2D eigenvalue weighted by atomic mass is 32.2. The summed E-state index contributed by atoms with van der Waals surface area (Å²) in [6.07, 6.45) is 2.39. The molecular formula is C14H20O4S. The van der Waals surface area contributed by atoms with Crippen molar-refractivity contribution in [2.45, 2.75) is 38.6 Å². The number of rotatable bonds is 5. The van der Waals surface area contributed by atoms with Crippen LogP contribution in [0.15, 0.2) is 30.3 Å². The summed E-state index contributed by atoms with van der Waals surface area (Å²) in [5, 5.41) is 0. The Hall–Kier alpha value is -0.910. The van der Waals surface area contributed by atoms with Gasteiger partial charge in [-0.25, -0.2) is 0 Å². The van der Waals surface area contributed by atoms with Crippen LogP contribution in [0.4, 0.5) is 0 Å². The topological polar surface area (TPSA) is 52.6 Å². The minimum atomic E-state index is -3.39. The van der Waals surface area contributed by atoms with E-state index in [1.807, 2.05) is 37.3 Å². The first-order chi connectivity index (χ1) is 8.94. The van der Waals surface area contributed by atoms with Crippen molar-refractivity contribution in [1.82, 2.24) is 0 Å². The average Bonchev–Trinajstić information content (AvgIpc) is 2.67. The summed E-state index contributed by atoms with van der Waals surface area (Å²) in [7, 11) is -3.39. The fourth-order valence-electron chi connectivity index (χ4n) is 2.44. The number of hydrogen-bond donors (Lipinski definition) is 0. The molecule has 0 spiro atoms. The Balaban J connectivity index is 1.84. The summed E-state index contributed by atoms with van der Waals surface area (Å²) in [5.41, 5.74) is 1.13. The van der Waals surface area contributed by atoms with Gasteiger partial charge in [0.1, 0.15) is 0 Å². The summed E-state index contributed by atoms with van der Waals surface area (Å²) >= 11 is 0. The third-order valence-electron chi connectivity index (χ3n) is 3.39. The predicted molar refractivity (Wildman–Crippen MR) is 73.1 cm³/mol. The summed E-state index contributed by atoms with van der Waals surface area (Å²) in [4.78, 5) is 0. The molecule has 0 bridgehead atoms. The fraction of sp³-hybridized carbons (Fsp3) is 0.571. The fourth-order valence-corrected chi connectivity index (χ4v) is 3.15. The van der Waals surface area contributed by atoms with Crippen LogP contribution in [-0.2, 0) is 25.6 Å². The largest absolute Gasteiger partial charge is 0.373 e. The van der Waals surface area contributed by atoms with Crippen LogP contribution < -0.4 is 0 Å². The Morgan fingerprint density at radius 2 is 1.89 bits per heavy atom. The van der Waals surface area contributed by atoms with E-state index >= 15 is 0 Å². The molecular weight excluding hydrogens is 264 g/mol. The zero-order valence-corrected chi connectivity index (χ0v) is 12.1. The molecule has 0 aliphatic heterocycles. The van der Waals surface area contributed by atoms with Crippen molar-refractivity contribution >= 4 is 10.1 Å². The minimum absolute atomic E-state index is 0.0713. The zero-order chi connectivity index (χ0) is 13.9. The predicted octanol–water partition coefficient (Wildman–Crippen LogP) is 2.35. The van der Waals surface area contributed by atoms with Gasteiger partial charge < -0.3 is 4.74 Å². The molecule has 1 aromatic rings. The molecule has 1 aromatic carbocycles. The molecule has 3 atom stereocenters. The molecule has 1 saturated carbocycles. The van der Waals surface area contributed by atoms with Gasteiger partial charge in [0.2, 0.25) is 0 Å². The van der Waals surface area contributed by atoms with Crippen LogP contribution >= 0.6 is 0 Å². The van der Waals surface area contributed by atoms with Crippen LogP contribution in [0.2, 0.25) is 0 Å². The Morgan fingerprint density at radius 1 is 1.21 bits per heavy atom. The first-order valence-corrected chi connectivity index (χ1v) is 8.29. The number of ether oxygens (including phenoxy) is 1. The molecule has 4 nitrogen and oxygen atoms in total. The van der Waals surface area contributed by atoms with E-state index in [1.54, 1.807) is 0 Å². The van der Waals surface area contributed by atoms with E-state index < -0.39 is 10.1 Å². The van der Waals surface area contributed by atoms with E-state index in [9.17, 15) is 8.42 Å². The maximum atomic E-state index is 11.2. The highest BCUT2D eigenvalue weighted by Gasteiger charge is 2.34. The van der Waals surface area contributed by atoms with Gasteiger partial charge in [-0.2, -0.15) is 8.42 Å². The highest BCUT2D eigenvalue weighted by Crippen LogP contribution is 2.31. The van der Waals surface area contributed by atoms with Gasteiger partial charge in [0.25, 0.3) is 10.1 Å². The van der Waals surface area contributed by atoms with E-state index in [0.29, 0.717) is 13.0 Å². The molecule has 0 radical (unpaired) electrons. The standard InChI is InChI=1S/C14H20O4S/c1-11-8-13(9-14(11)18-19(2,15)16)17-10-12-6-4-3-5-7-12/h3-7,11,13-14H,8-10H2,1-2H3/t11-,13-,14?/m0/s1. The van der Waals surface area contributed by atoms with E-state index in [0.717, 1.165) is 18.2 Å². The molecule has 0 saturated heterocycles. The minimum Gasteiger partial charge on any atom is -0.373 e. The molecule has 1 aliphatic carbocycles. The number of hydrogen-bond acceptors (Lipinski definition) is 4. The lowest BCUT2D eigenvalue weighted by atomic mass is 10.1. The monoisotopic (exact) mass is 284 g/mol. The van der Waals surface area contributed by atoms with Crippen molar-refractivity contribution in [3.63, 3.8) is 0 Å². The van der Waals surface area contributed by atoms with E-state index in [1.165, 1.54) is 0 Å². The summed E-state index contributed by atoms with van der Waals surface area (Å²) in [5.74, 6) is 0.204. The maximum Gasteiger partial charge on any atom is 0.264 e. The summed E-state index contributed by atoms with van der Waals surface area (Å²) in [6, 6.07) is 9.96. The van der Waals surface area contributed by atoms with E-state index in [4.69, 9.17) is 8.92 Å². The smallest absolute Gasteiger partial charge is 0.264 e. The molecule has 1 unspecified atom stereocenters. The van der Waals surface area contributed by atoms with Crippen LogP contribution in [0.5, 0.6) is 0 Å². The van der Waals surface area contributed by atoms with Gasteiger partial charge in [-0.1, -0.05) is 37.3 Å². The second-order valence-electron chi connectivity index (χ2n) is 5.21. The second kappa shape index (κ2) is 6.03. The van der Waals surface area contributed by atoms with Gasteiger partial charge in [0.15, 0.2) is 0 Å². The van der Waals surface area contributed by atoms with Crippen molar-refractivity contribution in [3.05, 3.63) is 35.9 Å². The lowest BCUT2D eigenvalue weighted by Crippen LogP contribution is -2.20. The van der Waals surface area contributed by atoms with Gasteiger partial charge in [0.05, 0.1) is 25.1 Å². The molecule has 5 heteroatoms. The lowest BCUT2D eigenvalue weighted by molar-refractivity contribution is 0.0382. The quantitative estimate of drug-likeness (QED) is 0.779. The molecule has 106 valence electrons. The normalized spacial score (nSPS) is 27.6. The van der Waals surface area contributed by atoms with Gasteiger partial charge >= 0.3 is 0 Å². The molecule has 0 heterocycles. The average molecular weight is 284 g/mol. The van der Waals surface area contributed by atoms with Gasteiger partial charge in [0, 0.05) is 6.42 Å². The van der Waals surface area contributed by atoms with Crippen molar-refractivity contribution in [2.75, 3.05) is 6.26 Å². The van der Waals surface area contributed by atoms with Gasteiger partial charge in [-0.15, -0.1) is 0 Å². The third kappa shape index (κ3) is 4.60. The molecule has 0 amide bonds. The van der Waals surface area contributed by atoms with E-state index in [2.05, 4.69) is 0 Å². The van der Waals surface area contributed by atoms with Crippen molar-refractivity contribution < 1.29 is 17.3 Å². The Bertz CT molecular complexity index is 497. The lowest BCUT2D eigenvalue weighted by Gasteiger charge is -2.13. The maximum absolute atomic E-state index is 11.2. The molecule has 2 rings (SSSR count). The molecule has 19 heavy (non-hydrogen) atoms. The van der Waals surface area contributed by atoms with Gasteiger partial charge in [-0.05, 0) is 17.9 Å². The van der Waals surface area contributed by atoms with Crippen molar-refractivity contribution in [2.24, 2.45) is 5.92 Å². The molecule has 0 aromatic heterocycles. The Morgan fingerprint density at radius 3 is 2.53 bits per heavy atom. The van der Waals surface area contributed by atoms with Crippen LogP contribution in [-0.4, -0.2) is 26.9 Å². The van der Waals surface area contributed by atoms with E-state index in [-0.39, 0.29) is 18.1 Å². The van der Waals surface area contributed by atoms with Crippen molar-refractivity contribution in [3.8, 4) is 0 Å². The molecule has 1 fully saturated rings. The SMILES string of the molecule is C[C@H]1C[C@H](OCc2ccccc2)CC1OS(C)(=O)=O. The van der Waals surface area contributed by atoms with Crippen LogP contribution in [0, 0.1) is 5.92 Å². The second-order valence-corrected chi connectivity index (χ2v) is 6.81. The van der Waals surface area contributed by atoms with Crippen LogP contribution in [0.25, 0.3) is 0 Å². The summed E-state index contributed by atoms with van der Waals surface area (Å²) in [6.45, 7) is 2.56. The first-order valence-electron chi connectivity index (χ1n) is 6.48. The Labute approximate surface area is 114 Å². The van der Waals surface area contributed by atoms with Gasteiger partial charge in [-0.3, -0.25) is 4.18 Å². The molecule has 1 aliphatic rings. The zero-order valence-electron chi connectivity index (χ0n) is 11.3. The van der Waals surface area contributed by atoms with Crippen LogP contribution in [0.3, 0.4) is 0 Å². The Kier molecular flexibility index (Phi) is 4.60. The summed E-state index contributed by atoms with van der Waals surface area (Å²) < 4.78 is 33.2.